The molecule has 0 aliphatic rings. The summed E-state index contributed by atoms with van der Waals surface area (Å²) in [5.74, 6) is -4.09. The van der Waals surface area contributed by atoms with Crippen LogP contribution in [0.1, 0.15) is 26.3 Å². The standard InChI is InChI=1S/C23H17F2NO4/c24-18-11-10-16(13-19(18)25)21(27)14-30-23(29)17-8-4-5-9-20(17)26-22(28)12-15-6-2-1-3-7-15/h1-11,13H,12,14H2,(H,26,28). The van der Waals surface area contributed by atoms with Crippen molar-refractivity contribution in [2.45, 2.75) is 6.42 Å². The molecule has 5 nitrogen and oxygen atoms in total. The highest BCUT2D eigenvalue weighted by Crippen LogP contribution is 2.17. The number of nitrogens with one attached hydrogen (secondary N) is 1. The Kier molecular flexibility index (Phi) is 6.64. The van der Waals surface area contributed by atoms with Crippen molar-refractivity contribution in [3.05, 3.63) is 101 Å². The molecule has 152 valence electrons. The monoisotopic (exact) mass is 409 g/mol. The van der Waals surface area contributed by atoms with Crippen LogP contribution in [0.3, 0.4) is 0 Å². The molecule has 0 radical (unpaired) electrons. The van der Waals surface area contributed by atoms with Gasteiger partial charge in [0.2, 0.25) is 5.91 Å². The number of amides is 1. The predicted octanol–water partition coefficient (Wildman–Crippen LogP) is 4.19. The van der Waals surface area contributed by atoms with Gasteiger partial charge in [-0.3, -0.25) is 9.59 Å². The number of anilines is 1. The maximum absolute atomic E-state index is 13.3. The topological polar surface area (TPSA) is 72.5 Å². The molecule has 30 heavy (non-hydrogen) atoms. The number of esters is 1. The SMILES string of the molecule is O=C(Cc1ccccc1)Nc1ccccc1C(=O)OCC(=O)c1ccc(F)c(F)c1. The van der Waals surface area contributed by atoms with E-state index < -0.39 is 30.0 Å². The second kappa shape index (κ2) is 9.56. The zero-order valence-electron chi connectivity index (χ0n) is 15.7. The molecular weight excluding hydrogens is 392 g/mol. The second-order valence-corrected chi connectivity index (χ2v) is 6.38. The Bertz CT molecular complexity index is 1080. The van der Waals surface area contributed by atoms with Crippen LogP contribution in [-0.2, 0) is 16.0 Å². The van der Waals surface area contributed by atoms with E-state index in [9.17, 15) is 23.2 Å². The summed E-state index contributed by atoms with van der Waals surface area (Å²) in [6.07, 6.45) is 0.124. The number of Topliss-reactive ketones (excluding diaryl/α,β-unsaturated/α-hetero) is 1. The third-order valence-corrected chi connectivity index (χ3v) is 4.20. The van der Waals surface area contributed by atoms with Gasteiger partial charge in [0.05, 0.1) is 17.7 Å². The highest BCUT2D eigenvalue weighted by atomic mass is 19.2. The number of benzene rings is 3. The molecule has 1 amide bonds. The molecule has 0 aliphatic carbocycles. The zero-order valence-corrected chi connectivity index (χ0v) is 15.7. The largest absolute Gasteiger partial charge is 0.454 e. The number of carbonyl (C=O) groups is 3. The number of hydrogen-bond donors (Lipinski definition) is 1. The maximum Gasteiger partial charge on any atom is 0.340 e. The molecule has 0 aliphatic heterocycles. The lowest BCUT2D eigenvalue weighted by Gasteiger charge is -2.11. The fourth-order valence-corrected chi connectivity index (χ4v) is 2.71. The summed E-state index contributed by atoms with van der Waals surface area (Å²) in [5, 5.41) is 2.66. The fraction of sp³-hybridized carbons (Fsp3) is 0.0870. The predicted molar refractivity (Wildman–Crippen MR) is 106 cm³/mol. The molecule has 7 heteroatoms. The van der Waals surface area contributed by atoms with Gasteiger partial charge in [0.25, 0.3) is 0 Å². The minimum Gasteiger partial charge on any atom is -0.454 e. The van der Waals surface area contributed by atoms with Crippen molar-refractivity contribution < 1.29 is 27.9 Å². The first-order valence-electron chi connectivity index (χ1n) is 9.02. The van der Waals surface area contributed by atoms with Crippen LogP contribution in [0.15, 0.2) is 72.8 Å². The third-order valence-electron chi connectivity index (χ3n) is 4.20. The van der Waals surface area contributed by atoms with E-state index in [1.54, 1.807) is 12.1 Å². The summed E-state index contributed by atoms with van der Waals surface area (Å²) >= 11 is 0. The number of halogens is 2. The first-order chi connectivity index (χ1) is 14.4. The lowest BCUT2D eigenvalue weighted by Crippen LogP contribution is -2.19. The van der Waals surface area contributed by atoms with Gasteiger partial charge in [-0.1, -0.05) is 42.5 Å². The van der Waals surface area contributed by atoms with E-state index in [0.29, 0.717) is 0 Å². The Morgan fingerprint density at radius 1 is 0.833 bits per heavy atom. The van der Waals surface area contributed by atoms with Gasteiger partial charge in [0, 0.05) is 5.56 Å². The molecule has 3 aromatic carbocycles. The van der Waals surface area contributed by atoms with E-state index in [1.165, 1.54) is 12.1 Å². The van der Waals surface area contributed by atoms with E-state index in [0.717, 1.165) is 23.8 Å². The summed E-state index contributed by atoms with van der Waals surface area (Å²) in [6.45, 7) is -0.657. The van der Waals surface area contributed by atoms with Crippen LogP contribution in [-0.4, -0.2) is 24.3 Å². The van der Waals surface area contributed by atoms with E-state index >= 15 is 0 Å². The van der Waals surface area contributed by atoms with Crippen LogP contribution in [0.2, 0.25) is 0 Å². The molecule has 0 heterocycles. The molecule has 1 N–H and O–H groups in total. The highest BCUT2D eigenvalue weighted by molar-refractivity contribution is 6.03. The van der Waals surface area contributed by atoms with Crippen molar-refractivity contribution in [1.82, 2.24) is 0 Å². The van der Waals surface area contributed by atoms with Gasteiger partial charge in [0.15, 0.2) is 24.0 Å². The van der Waals surface area contributed by atoms with Gasteiger partial charge in [-0.2, -0.15) is 0 Å². The average molecular weight is 409 g/mol. The summed E-state index contributed by atoms with van der Waals surface area (Å²) < 4.78 is 31.2. The molecule has 0 fully saturated rings. The quantitative estimate of drug-likeness (QED) is 0.469. The number of ketones is 1. The average Bonchev–Trinajstić information content (AvgIpc) is 2.74. The smallest absolute Gasteiger partial charge is 0.340 e. The van der Waals surface area contributed by atoms with Crippen molar-refractivity contribution in [2.75, 3.05) is 11.9 Å². The molecule has 3 rings (SSSR count). The molecule has 0 atom stereocenters. The van der Waals surface area contributed by atoms with Gasteiger partial charge in [-0.15, -0.1) is 0 Å². The van der Waals surface area contributed by atoms with Crippen molar-refractivity contribution in [1.29, 1.82) is 0 Å². The molecule has 0 bridgehead atoms. The molecule has 0 aromatic heterocycles. The second-order valence-electron chi connectivity index (χ2n) is 6.38. The Balaban J connectivity index is 1.64. The number of hydrogen-bond acceptors (Lipinski definition) is 4. The number of ether oxygens (including phenoxy) is 1. The van der Waals surface area contributed by atoms with E-state index in [2.05, 4.69) is 5.32 Å². The normalized spacial score (nSPS) is 10.3. The minimum atomic E-state index is -1.17. The summed E-state index contributed by atoms with van der Waals surface area (Å²) in [6, 6.07) is 18.0. The fourth-order valence-electron chi connectivity index (χ4n) is 2.71. The van der Waals surface area contributed by atoms with Gasteiger partial charge in [-0.05, 0) is 35.9 Å². The molecule has 0 saturated carbocycles. The third kappa shape index (κ3) is 5.35. The summed E-state index contributed by atoms with van der Waals surface area (Å²) in [7, 11) is 0. The molecule has 0 spiro atoms. The number of rotatable bonds is 7. The molecular formula is C23H17F2NO4. The first-order valence-corrected chi connectivity index (χ1v) is 9.02. The highest BCUT2D eigenvalue weighted by Gasteiger charge is 2.17. The van der Waals surface area contributed by atoms with Crippen LogP contribution < -0.4 is 5.32 Å². The lowest BCUT2D eigenvalue weighted by molar-refractivity contribution is -0.115. The van der Waals surface area contributed by atoms with Crippen LogP contribution in [0, 0.1) is 11.6 Å². The van der Waals surface area contributed by atoms with Crippen molar-refractivity contribution in [3.63, 3.8) is 0 Å². The van der Waals surface area contributed by atoms with Crippen LogP contribution in [0.5, 0.6) is 0 Å². The van der Waals surface area contributed by atoms with Crippen molar-refractivity contribution in [2.24, 2.45) is 0 Å². The van der Waals surface area contributed by atoms with Crippen LogP contribution in [0.25, 0.3) is 0 Å². The molecule has 0 saturated heterocycles. The molecule has 3 aromatic rings. The number of para-hydroxylation sites is 1. The minimum absolute atomic E-state index is 0.0667. The van der Waals surface area contributed by atoms with E-state index in [-0.39, 0.29) is 29.1 Å². The summed E-state index contributed by atoms with van der Waals surface area (Å²) in [4.78, 5) is 36.8. The molecule has 0 unspecified atom stereocenters. The van der Waals surface area contributed by atoms with Gasteiger partial charge < -0.3 is 10.1 Å². The Hall–Kier alpha value is -3.87. The number of carbonyl (C=O) groups excluding carboxylic acids is 3. The maximum atomic E-state index is 13.3. The first kappa shape index (κ1) is 20.9. The van der Waals surface area contributed by atoms with Gasteiger partial charge in [-0.25, -0.2) is 13.6 Å². The van der Waals surface area contributed by atoms with Gasteiger partial charge >= 0.3 is 5.97 Å². The van der Waals surface area contributed by atoms with Crippen LogP contribution in [0.4, 0.5) is 14.5 Å². The summed E-state index contributed by atoms with van der Waals surface area (Å²) in [5.41, 5.74) is 0.999. The Labute approximate surface area is 171 Å². The zero-order chi connectivity index (χ0) is 21.5. The van der Waals surface area contributed by atoms with Crippen molar-refractivity contribution in [3.8, 4) is 0 Å². The van der Waals surface area contributed by atoms with E-state index in [4.69, 9.17) is 4.74 Å². The Morgan fingerprint density at radius 2 is 1.53 bits per heavy atom. The van der Waals surface area contributed by atoms with Crippen molar-refractivity contribution >= 4 is 23.3 Å². The van der Waals surface area contributed by atoms with Crippen LogP contribution >= 0.6 is 0 Å². The Morgan fingerprint density at radius 3 is 2.27 bits per heavy atom. The lowest BCUT2D eigenvalue weighted by atomic mass is 10.1. The van der Waals surface area contributed by atoms with Gasteiger partial charge in [0.1, 0.15) is 0 Å². The van der Waals surface area contributed by atoms with E-state index in [1.807, 2.05) is 30.3 Å².